The predicted octanol–water partition coefficient (Wildman–Crippen LogP) is 3.99. The molecule has 2 aliphatic heterocycles. The topological polar surface area (TPSA) is 32.8 Å². The Kier molecular flexibility index (Phi) is 7.19. The number of benzene rings is 2. The van der Waals surface area contributed by atoms with Crippen LogP contribution in [-0.4, -0.2) is 54.6 Å². The van der Waals surface area contributed by atoms with Crippen LogP contribution in [-0.2, 0) is 28.9 Å². The van der Waals surface area contributed by atoms with E-state index in [2.05, 4.69) is 53.1 Å². The Bertz CT molecular complexity index is 844. The smallest absolute Gasteiger partial charge is 0.227 e. The molecule has 1 fully saturated rings. The monoisotopic (exact) mass is 406 g/mol. The second-order valence-corrected chi connectivity index (χ2v) is 8.68. The molecule has 0 N–H and O–H groups in total. The van der Waals surface area contributed by atoms with Crippen LogP contribution in [0.15, 0.2) is 48.5 Å². The van der Waals surface area contributed by atoms with Gasteiger partial charge in [0.15, 0.2) is 0 Å². The number of ether oxygens (including phenoxy) is 1. The minimum absolute atomic E-state index is 0.264. The Hall–Kier alpha value is -2.17. The van der Waals surface area contributed by atoms with Gasteiger partial charge in [-0.1, -0.05) is 48.5 Å². The lowest BCUT2D eigenvalue weighted by Gasteiger charge is -2.35. The molecule has 0 radical (unpaired) electrons. The number of fused-ring (bicyclic) bond motifs is 1. The van der Waals surface area contributed by atoms with Crippen molar-refractivity contribution in [2.24, 2.45) is 0 Å². The van der Waals surface area contributed by atoms with Gasteiger partial charge in [0.25, 0.3) is 0 Å². The Morgan fingerprint density at radius 3 is 2.60 bits per heavy atom. The summed E-state index contributed by atoms with van der Waals surface area (Å²) in [5, 5.41) is 0. The van der Waals surface area contributed by atoms with Gasteiger partial charge in [-0.05, 0) is 54.9 Å². The Balaban J connectivity index is 1.35. The van der Waals surface area contributed by atoms with E-state index in [0.717, 1.165) is 70.6 Å². The van der Waals surface area contributed by atoms with Crippen molar-refractivity contribution < 1.29 is 9.53 Å². The molecule has 0 aromatic heterocycles. The van der Waals surface area contributed by atoms with Crippen LogP contribution >= 0.6 is 0 Å². The molecule has 2 aromatic rings. The van der Waals surface area contributed by atoms with Gasteiger partial charge in [-0.25, -0.2) is 0 Å². The van der Waals surface area contributed by atoms with Gasteiger partial charge in [0.1, 0.15) is 0 Å². The van der Waals surface area contributed by atoms with E-state index in [1.165, 1.54) is 16.7 Å². The van der Waals surface area contributed by atoms with Crippen molar-refractivity contribution in [1.29, 1.82) is 0 Å². The van der Waals surface area contributed by atoms with Crippen LogP contribution in [0.25, 0.3) is 0 Å². The first-order chi connectivity index (χ1) is 14.7. The van der Waals surface area contributed by atoms with Crippen LogP contribution in [0, 0.1) is 6.92 Å². The maximum atomic E-state index is 13.3. The molecule has 4 nitrogen and oxygen atoms in total. The highest BCUT2D eigenvalue weighted by atomic mass is 16.5. The third-order valence-electron chi connectivity index (χ3n) is 6.64. The molecule has 30 heavy (non-hydrogen) atoms. The van der Waals surface area contributed by atoms with Crippen molar-refractivity contribution in [3.8, 4) is 0 Å². The molecule has 4 rings (SSSR count). The summed E-state index contributed by atoms with van der Waals surface area (Å²) in [6, 6.07) is 17.3. The van der Waals surface area contributed by atoms with E-state index in [0.29, 0.717) is 12.5 Å². The van der Waals surface area contributed by atoms with Gasteiger partial charge >= 0.3 is 0 Å². The van der Waals surface area contributed by atoms with Crippen LogP contribution < -0.4 is 0 Å². The molecule has 0 atom stereocenters. The molecule has 1 saturated heterocycles. The summed E-state index contributed by atoms with van der Waals surface area (Å²) in [7, 11) is 0. The maximum Gasteiger partial charge on any atom is 0.227 e. The van der Waals surface area contributed by atoms with Gasteiger partial charge in [0, 0.05) is 45.4 Å². The highest BCUT2D eigenvalue weighted by Gasteiger charge is 2.26. The first kappa shape index (κ1) is 21.1. The van der Waals surface area contributed by atoms with E-state index in [4.69, 9.17) is 4.74 Å². The van der Waals surface area contributed by atoms with Crippen LogP contribution in [0.4, 0.5) is 0 Å². The molecule has 2 heterocycles. The zero-order valence-corrected chi connectivity index (χ0v) is 18.2. The van der Waals surface area contributed by atoms with E-state index in [-0.39, 0.29) is 5.91 Å². The number of aryl methyl sites for hydroxylation is 1. The van der Waals surface area contributed by atoms with E-state index < -0.39 is 0 Å². The minimum atomic E-state index is 0.264. The Morgan fingerprint density at radius 1 is 1.07 bits per heavy atom. The van der Waals surface area contributed by atoms with Crippen LogP contribution in [0.1, 0.15) is 41.5 Å². The van der Waals surface area contributed by atoms with Gasteiger partial charge in [-0.2, -0.15) is 0 Å². The molecule has 2 aromatic carbocycles. The second-order valence-electron chi connectivity index (χ2n) is 8.68. The lowest BCUT2D eigenvalue weighted by molar-refractivity contribution is -0.134. The van der Waals surface area contributed by atoms with Gasteiger partial charge < -0.3 is 9.64 Å². The van der Waals surface area contributed by atoms with Crippen molar-refractivity contribution in [2.75, 3.05) is 32.8 Å². The molecule has 0 bridgehead atoms. The average molecular weight is 407 g/mol. The van der Waals surface area contributed by atoms with E-state index in [1.807, 2.05) is 12.1 Å². The number of hydrogen-bond donors (Lipinski definition) is 0. The lowest BCUT2D eigenvalue weighted by Crippen LogP contribution is -2.45. The summed E-state index contributed by atoms with van der Waals surface area (Å²) in [5.41, 5.74) is 5.30. The van der Waals surface area contributed by atoms with Crippen LogP contribution in [0.2, 0.25) is 0 Å². The second kappa shape index (κ2) is 10.2. The molecule has 4 heteroatoms. The SMILES string of the molecule is Cc1ccccc1CC(=O)N(CCCN1CCc2ccccc2C1)C1CCOCC1. The van der Waals surface area contributed by atoms with Crippen LogP contribution in [0.3, 0.4) is 0 Å². The first-order valence-electron chi connectivity index (χ1n) is 11.4. The van der Waals surface area contributed by atoms with Crippen molar-refractivity contribution >= 4 is 5.91 Å². The van der Waals surface area contributed by atoms with Crippen molar-refractivity contribution in [3.63, 3.8) is 0 Å². The van der Waals surface area contributed by atoms with Crippen LogP contribution in [0.5, 0.6) is 0 Å². The molecule has 160 valence electrons. The molecule has 1 amide bonds. The lowest BCUT2D eigenvalue weighted by atomic mass is 9.99. The standard InChI is InChI=1S/C26H34N2O2/c1-21-7-2-3-9-23(21)19-26(29)28(25-12-17-30-18-13-25)15-6-14-27-16-11-22-8-4-5-10-24(22)20-27/h2-5,7-10,25H,6,11-20H2,1H3. The van der Waals surface area contributed by atoms with E-state index in [1.54, 1.807) is 0 Å². The number of carbonyl (C=O) groups is 1. The largest absolute Gasteiger partial charge is 0.381 e. The fourth-order valence-electron chi connectivity index (χ4n) is 4.79. The maximum absolute atomic E-state index is 13.3. The molecule has 0 unspecified atom stereocenters. The molecular weight excluding hydrogens is 372 g/mol. The highest BCUT2D eigenvalue weighted by molar-refractivity contribution is 5.79. The fourth-order valence-corrected chi connectivity index (χ4v) is 4.79. The fraction of sp³-hybridized carbons (Fsp3) is 0.500. The summed E-state index contributed by atoms with van der Waals surface area (Å²) in [5.74, 6) is 0.264. The normalized spacial score (nSPS) is 17.5. The number of amides is 1. The number of nitrogens with zero attached hydrogens (tertiary/aromatic N) is 2. The first-order valence-corrected chi connectivity index (χ1v) is 11.4. The molecular formula is C26H34N2O2. The summed E-state index contributed by atoms with van der Waals surface area (Å²) in [6.45, 7) is 7.66. The third-order valence-corrected chi connectivity index (χ3v) is 6.64. The number of hydrogen-bond acceptors (Lipinski definition) is 3. The molecule has 0 spiro atoms. The third kappa shape index (κ3) is 5.30. The summed E-state index contributed by atoms with van der Waals surface area (Å²) < 4.78 is 5.55. The molecule has 0 aliphatic carbocycles. The Morgan fingerprint density at radius 2 is 1.80 bits per heavy atom. The van der Waals surface area contributed by atoms with Gasteiger partial charge in [0.05, 0.1) is 6.42 Å². The summed E-state index contributed by atoms with van der Waals surface area (Å²) in [6.07, 6.45) is 4.57. The Labute approximate surface area is 180 Å². The van der Waals surface area contributed by atoms with Crippen molar-refractivity contribution in [2.45, 2.75) is 51.6 Å². The van der Waals surface area contributed by atoms with E-state index in [9.17, 15) is 4.79 Å². The quantitative estimate of drug-likeness (QED) is 0.697. The predicted molar refractivity (Wildman–Crippen MR) is 120 cm³/mol. The van der Waals surface area contributed by atoms with Gasteiger partial charge in [-0.15, -0.1) is 0 Å². The minimum Gasteiger partial charge on any atom is -0.381 e. The zero-order valence-electron chi connectivity index (χ0n) is 18.2. The zero-order chi connectivity index (χ0) is 20.8. The molecule has 2 aliphatic rings. The highest BCUT2D eigenvalue weighted by Crippen LogP contribution is 2.20. The molecule has 0 saturated carbocycles. The van der Waals surface area contributed by atoms with E-state index >= 15 is 0 Å². The van der Waals surface area contributed by atoms with Crippen molar-refractivity contribution in [3.05, 3.63) is 70.8 Å². The van der Waals surface area contributed by atoms with Gasteiger partial charge in [-0.3, -0.25) is 9.69 Å². The average Bonchev–Trinajstić information content (AvgIpc) is 2.78. The summed E-state index contributed by atoms with van der Waals surface area (Å²) >= 11 is 0. The summed E-state index contributed by atoms with van der Waals surface area (Å²) in [4.78, 5) is 18.0. The number of carbonyl (C=O) groups excluding carboxylic acids is 1. The number of rotatable bonds is 7. The van der Waals surface area contributed by atoms with Gasteiger partial charge in [0.2, 0.25) is 5.91 Å². The van der Waals surface area contributed by atoms with Crippen molar-refractivity contribution in [1.82, 2.24) is 9.80 Å².